The summed E-state index contributed by atoms with van der Waals surface area (Å²) in [4.78, 5) is 29.8. The number of hydrogen-bond acceptors (Lipinski definition) is 6. The molecule has 0 saturated carbocycles. The Hall–Kier alpha value is -3.00. The molecule has 0 spiro atoms. The second-order valence-electron chi connectivity index (χ2n) is 5.64. The van der Waals surface area contributed by atoms with Gasteiger partial charge >= 0.3 is 5.97 Å². The number of anilines is 1. The number of nitrogens with zero attached hydrogens (tertiary/aromatic N) is 2. The van der Waals surface area contributed by atoms with Crippen LogP contribution in [0.4, 0.5) is 5.69 Å². The number of aromatic nitrogens is 1. The Morgan fingerprint density at radius 3 is 2.42 bits per heavy atom. The van der Waals surface area contributed by atoms with Gasteiger partial charge in [0, 0.05) is 23.5 Å². The maximum atomic E-state index is 12.7. The summed E-state index contributed by atoms with van der Waals surface area (Å²) in [5.41, 5.74) is 0.812. The first-order chi connectivity index (χ1) is 12.5. The Kier molecular flexibility index (Phi) is 5.13. The van der Waals surface area contributed by atoms with Crippen LogP contribution in [0.1, 0.15) is 10.4 Å². The number of ether oxygens (including phenoxy) is 1. The van der Waals surface area contributed by atoms with Crippen LogP contribution in [0.2, 0.25) is 0 Å². The van der Waals surface area contributed by atoms with Crippen molar-refractivity contribution in [3.05, 3.63) is 71.9 Å². The van der Waals surface area contributed by atoms with E-state index < -0.39 is 34.4 Å². The lowest BCUT2D eigenvalue weighted by Crippen LogP contribution is -2.43. The predicted molar refractivity (Wildman–Crippen MR) is 95.2 cm³/mol. The normalized spacial score (nSPS) is 17.6. The highest BCUT2D eigenvalue weighted by molar-refractivity contribution is 7.94. The van der Waals surface area contributed by atoms with E-state index in [2.05, 4.69) is 4.98 Å². The minimum absolute atomic E-state index is 0.202. The molecular formula is C18H16N2O5S. The molecule has 1 aliphatic rings. The van der Waals surface area contributed by atoms with Gasteiger partial charge < -0.3 is 9.64 Å². The number of pyridine rings is 1. The number of amides is 1. The molecule has 1 atom stereocenters. The van der Waals surface area contributed by atoms with E-state index in [1.54, 1.807) is 30.3 Å². The van der Waals surface area contributed by atoms with Crippen molar-refractivity contribution >= 4 is 27.4 Å². The number of sulfone groups is 1. The van der Waals surface area contributed by atoms with Gasteiger partial charge in [-0.05, 0) is 30.3 Å². The lowest BCUT2D eigenvalue weighted by Gasteiger charge is -2.27. The van der Waals surface area contributed by atoms with E-state index in [1.165, 1.54) is 35.5 Å². The summed E-state index contributed by atoms with van der Waals surface area (Å²) in [5.74, 6) is -1.36. The maximum Gasteiger partial charge on any atom is 0.338 e. The number of benzene rings is 1. The van der Waals surface area contributed by atoms with E-state index in [1.807, 2.05) is 0 Å². The molecule has 0 fully saturated rings. The molecule has 26 heavy (non-hydrogen) atoms. The molecule has 3 rings (SSSR count). The van der Waals surface area contributed by atoms with Crippen LogP contribution in [0.3, 0.4) is 0 Å². The first-order valence-corrected chi connectivity index (χ1v) is 9.53. The number of para-hydroxylation sites is 1. The molecule has 8 heteroatoms. The molecule has 2 heterocycles. The standard InChI is InChI=1S/C18H16N2O5S/c21-17(12-25-18(22)14-6-9-19-10-7-14)20(15-4-2-1-3-5-15)16-8-11-26(23,24)13-16/h1-11,16H,12-13H2/t16-/m1/s1. The van der Waals surface area contributed by atoms with Crippen molar-refractivity contribution in [3.63, 3.8) is 0 Å². The summed E-state index contributed by atoms with van der Waals surface area (Å²) in [6, 6.07) is 11.0. The first kappa shape index (κ1) is 17.8. The third-order valence-corrected chi connectivity index (χ3v) is 5.17. The van der Waals surface area contributed by atoms with Crippen LogP contribution >= 0.6 is 0 Å². The first-order valence-electron chi connectivity index (χ1n) is 7.81. The lowest BCUT2D eigenvalue weighted by molar-refractivity contribution is -0.121. The summed E-state index contributed by atoms with van der Waals surface area (Å²) < 4.78 is 28.5. The SMILES string of the molecule is O=C(OCC(=O)N(c1ccccc1)[C@@H]1C=CS(=O)(=O)C1)c1ccncc1. The molecule has 0 N–H and O–H groups in total. The van der Waals surface area contributed by atoms with Gasteiger partial charge in [0.15, 0.2) is 16.4 Å². The van der Waals surface area contributed by atoms with Gasteiger partial charge in [-0.1, -0.05) is 18.2 Å². The van der Waals surface area contributed by atoms with Gasteiger partial charge in [-0.2, -0.15) is 0 Å². The highest BCUT2D eigenvalue weighted by Gasteiger charge is 2.31. The van der Waals surface area contributed by atoms with E-state index in [9.17, 15) is 18.0 Å². The second kappa shape index (κ2) is 7.49. The fourth-order valence-electron chi connectivity index (χ4n) is 2.60. The van der Waals surface area contributed by atoms with Crippen LogP contribution in [0, 0.1) is 0 Å². The zero-order valence-corrected chi connectivity index (χ0v) is 14.5. The molecule has 0 bridgehead atoms. The topological polar surface area (TPSA) is 93.6 Å². The average Bonchev–Trinajstić information content (AvgIpc) is 3.01. The van der Waals surface area contributed by atoms with Crippen LogP contribution in [-0.4, -0.2) is 43.7 Å². The van der Waals surface area contributed by atoms with E-state index >= 15 is 0 Å². The van der Waals surface area contributed by atoms with E-state index in [0.29, 0.717) is 5.69 Å². The molecule has 1 aromatic carbocycles. The molecule has 134 valence electrons. The molecule has 2 aromatic rings. The van der Waals surface area contributed by atoms with Crippen LogP contribution in [0.25, 0.3) is 0 Å². The molecule has 0 unspecified atom stereocenters. The number of hydrogen-bond donors (Lipinski definition) is 0. The van der Waals surface area contributed by atoms with Gasteiger partial charge in [0.05, 0.1) is 17.4 Å². The maximum absolute atomic E-state index is 12.7. The number of carbonyl (C=O) groups is 2. The molecule has 1 amide bonds. The predicted octanol–water partition coefficient (Wildman–Crippen LogP) is 1.58. The van der Waals surface area contributed by atoms with Crippen molar-refractivity contribution in [2.45, 2.75) is 6.04 Å². The van der Waals surface area contributed by atoms with Crippen molar-refractivity contribution in [1.29, 1.82) is 0 Å². The highest BCUT2D eigenvalue weighted by atomic mass is 32.2. The minimum Gasteiger partial charge on any atom is -0.452 e. The van der Waals surface area contributed by atoms with Crippen LogP contribution in [0.5, 0.6) is 0 Å². The zero-order valence-electron chi connectivity index (χ0n) is 13.7. The largest absolute Gasteiger partial charge is 0.452 e. The van der Waals surface area contributed by atoms with Crippen molar-refractivity contribution in [2.24, 2.45) is 0 Å². The Bertz CT molecular complexity index is 927. The Morgan fingerprint density at radius 2 is 1.81 bits per heavy atom. The fourth-order valence-corrected chi connectivity index (χ4v) is 3.87. The number of esters is 1. The Morgan fingerprint density at radius 1 is 1.12 bits per heavy atom. The van der Waals surface area contributed by atoms with E-state index in [-0.39, 0.29) is 11.3 Å². The molecular weight excluding hydrogens is 356 g/mol. The summed E-state index contributed by atoms with van der Waals surface area (Å²) >= 11 is 0. The summed E-state index contributed by atoms with van der Waals surface area (Å²) in [6.07, 6.45) is 4.36. The van der Waals surface area contributed by atoms with Gasteiger partial charge in [0.25, 0.3) is 5.91 Å². The number of carbonyl (C=O) groups excluding carboxylic acids is 2. The second-order valence-corrected chi connectivity index (χ2v) is 7.57. The van der Waals surface area contributed by atoms with Crippen molar-refractivity contribution in [2.75, 3.05) is 17.3 Å². The van der Waals surface area contributed by atoms with Crippen LogP contribution in [-0.2, 0) is 19.4 Å². The van der Waals surface area contributed by atoms with Gasteiger partial charge in [-0.15, -0.1) is 0 Å². The molecule has 0 saturated heterocycles. The number of rotatable bonds is 5. The summed E-state index contributed by atoms with van der Waals surface area (Å²) in [7, 11) is -3.35. The molecule has 0 aliphatic carbocycles. The molecule has 7 nitrogen and oxygen atoms in total. The van der Waals surface area contributed by atoms with E-state index in [0.717, 1.165) is 5.41 Å². The highest BCUT2D eigenvalue weighted by Crippen LogP contribution is 2.22. The van der Waals surface area contributed by atoms with Crippen LogP contribution < -0.4 is 4.90 Å². The summed E-state index contributed by atoms with van der Waals surface area (Å²) in [6.45, 7) is -0.500. The molecule has 1 aliphatic heterocycles. The van der Waals surface area contributed by atoms with Gasteiger partial charge in [-0.25, -0.2) is 13.2 Å². The average molecular weight is 372 g/mol. The quantitative estimate of drug-likeness (QED) is 0.740. The van der Waals surface area contributed by atoms with Gasteiger partial charge in [0.2, 0.25) is 0 Å². The lowest BCUT2D eigenvalue weighted by atomic mass is 10.2. The Balaban J connectivity index is 1.76. The minimum atomic E-state index is -3.35. The van der Waals surface area contributed by atoms with Crippen LogP contribution in [0.15, 0.2) is 66.3 Å². The molecule has 0 radical (unpaired) electrons. The van der Waals surface area contributed by atoms with Crippen molar-refractivity contribution in [1.82, 2.24) is 4.98 Å². The molecule has 1 aromatic heterocycles. The third kappa shape index (κ3) is 4.15. The monoisotopic (exact) mass is 372 g/mol. The third-order valence-electron chi connectivity index (χ3n) is 3.79. The van der Waals surface area contributed by atoms with Gasteiger partial charge in [0.1, 0.15) is 0 Å². The zero-order chi connectivity index (χ0) is 18.6. The smallest absolute Gasteiger partial charge is 0.338 e. The Labute approximate surface area is 150 Å². The fraction of sp³-hybridized carbons (Fsp3) is 0.167. The van der Waals surface area contributed by atoms with E-state index in [4.69, 9.17) is 4.74 Å². The van der Waals surface area contributed by atoms with Gasteiger partial charge in [-0.3, -0.25) is 9.78 Å². The summed E-state index contributed by atoms with van der Waals surface area (Å²) in [5, 5.41) is 1.10. The van der Waals surface area contributed by atoms with Crippen molar-refractivity contribution in [3.8, 4) is 0 Å². The van der Waals surface area contributed by atoms with Crippen molar-refractivity contribution < 1.29 is 22.7 Å².